The predicted molar refractivity (Wildman–Crippen MR) is 156 cm³/mol. The highest BCUT2D eigenvalue weighted by molar-refractivity contribution is 6.88. The SMILES string of the molecule is C[Si](C)(C)c1ccc(-n2c3cc4ccccc4cc3c3c4ccccc4c4ccccc4c32)cc1. The molecular weight excluding hydrogens is 438 g/mol. The predicted octanol–water partition coefficient (Wildman–Crippen LogP) is 8.79. The van der Waals surface area contributed by atoms with E-state index in [1.807, 2.05) is 0 Å². The number of benzene rings is 6. The van der Waals surface area contributed by atoms with Crippen molar-refractivity contribution in [3.63, 3.8) is 0 Å². The minimum atomic E-state index is -1.37. The van der Waals surface area contributed by atoms with Gasteiger partial charge < -0.3 is 4.57 Å². The number of hydrogen-bond donors (Lipinski definition) is 0. The maximum Gasteiger partial charge on any atom is 0.0775 e. The number of rotatable bonds is 2. The number of fused-ring (bicyclic) bond motifs is 9. The van der Waals surface area contributed by atoms with Crippen molar-refractivity contribution in [3.8, 4) is 5.69 Å². The number of hydrogen-bond acceptors (Lipinski definition) is 0. The highest BCUT2D eigenvalue weighted by atomic mass is 28.3. The minimum Gasteiger partial charge on any atom is -0.309 e. The summed E-state index contributed by atoms with van der Waals surface area (Å²) < 4.78 is 2.50. The first-order chi connectivity index (χ1) is 17.0. The summed E-state index contributed by atoms with van der Waals surface area (Å²) in [6.07, 6.45) is 0. The van der Waals surface area contributed by atoms with Gasteiger partial charge in [0.1, 0.15) is 0 Å². The van der Waals surface area contributed by atoms with Gasteiger partial charge in [-0.2, -0.15) is 0 Å². The zero-order valence-electron chi connectivity index (χ0n) is 20.3. The van der Waals surface area contributed by atoms with Gasteiger partial charge in [0, 0.05) is 21.8 Å². The van der Waals surface area contributed by atoms with Gasteiger partial charge in [-0.1, -0.05) is 110 Å². The number of aromatic nitrogens is 1. The molecule has 0 unspecified atom stereocenters. The second-order valence-electron chi connectivity index (χ2n) is 10.7. The fourth-order valence-electron chi connectivity index (χ4n) is 5.74. The van der Waals surface area contributed by atoms with Crippen LogP contribution >= 0.6 is 0 Å². The summed E-state index contributed by atoms with van der Waals surface area (Å²) >= 11 is 0. The van der Waals surface area contributed by atoms with E-state index in [4.69, 9.17) is 0 Å². The maximum atomic E-state index is 2.50. The Kier molecular flexibility index (Phi) is 4.28. The standard InChI is InChI=1S/C33H27NSi/c1-35(2,3)25-18-16-24(17-19-25)34-31-21-23-11-5-4-10-22(23)20-30(31)32-28-14-8-6-12-26(28)27-13-7-9-15-29(27)33(32)34/h4-21H,1-3H3. The largest absolute Gasteiger partial charge is 0.309 e. The maximum absolute atomic E-state index is 2.50. The average molecular weight is 466 g/mol. The molecule has 0 atom stereocenters. The molecule has 2 heteroatoms. The van der Waals surface area contributed by atoms with Gasteiger partial charge in [-0.05, 0) is 51.2 Å². The van der Waals surface area contributed by atoms with Crippen molar-refractivity contribution in [2.24, 2.45) is 0 Å². The first-order valence-corrected chi connectivity index (χ1v) is 15.9. The molecule has 0 spiro atoms. The van der Waals surface area contributed by atoms with E-state index in [9.17, 15) is 0 Å². The Balaban J connectivity index is 1.74. The van der Waals surface area contributed by atoms with Crippen LogP contribution in [0.3, 0.4) is 0 Å². The summed E-state index contributed by atoms with van der Waals surface area (Å²) in [6.45, 7) is 7.23. The lowest BCUT2D eigenvalue weighted by molar-refractivity contribution is 1.19. The van der Waals surface area contributed by atoms with E-state index >= 15 is 0 Å². The van der Waals surface area contributed by atoms with Crippen molar-refractivity contribution >= 4 is 67.4 Å². The fraction of sp³-hybridized carbons (Fsp3) is 0.0909. The zero-order valence-corrected chi connectivity index (χ0v) is 21.3. The van der Waals surface area contributed by atoms with E-state index in [-0.39, 0.29) is 0 Å². The summed E-state index contributed by atoms with van der Waals surface area (Å²) in [4.78, 5) is 0. The van der Waals surface area contributed by atoms with Crippen molar-refractivity contribution in [1.82, 2.24) is 4.57 Å². The van der Waals surface area contributed by atoms with E-state index in [0.717, 1.165) is 0 Å². The third kappa shape index (κ3) is 3.00. The highest BCUT2D eigenvalue weighted by Gasteiger charge is 2.20. The first kappa shape index (κ1) is 20.5. The van der Waals surface area contributed by atoms with Crippen LogP contribution in [0.5, 0.6) is 0 Å². The molecule has 0 aliphatic heterocycles. The molecule has 0 N–H and O–H groups in total. The molecule has 6 aromatic carbocycles. The number of nitrogens with zero attached hydrogens (tertiary/aromatic N) is 1. The van der Waals surface area contributed by atoms with E-state index in [1.165, 1.54) is 65.0 Å². The monoisotopic (exact) mass is 465 g/mol. The Morgan fingerprint density at radius 1 is 0.514 bits per heavy atom. The average Bonchev–Trinajstić information content (AvgIpc) is 3.21. The van der Waals surface area contributed by atoms with E-state index in [2.05, 4.69) is 133 Å². The molecule has 0 saturated heterocycles. The first-order valence-electron chi connectivity index (χ1n) is 12.4. The van der Waals surface area contributed by atoms with Crippen molar-refractivity contribution in [2.45, 2.75) is 19.6 Å². The lowest BCUT2D eigenvalue weighted by atomic mass is 9.96. The molecular formula is C33H27NSi. The second-order valence-corrected chi connectivity index (χ2v) is 15.7. The molecule has 0 amide bonds. The molecule has 1 nitrogen and oxygen atoms in total. The van der Waals surface area contributed by atoms with Gasteiger partial charge in [0.15, 0.2) is 0 Å². The summed E-state index contributed by atoms with van der Waals surface area (Å²) in [6, 6.07) is 40.6. The molecule has 35 heavy (non-hydrogen) atoms. The highest BCUT2D eigenvalue weighted by Crippen LogP contribution is 2.43. The van der Waals surface area contributed by atoms with Crippen molar-refractivity contribution < 1.29 is 0 Å². The Labute approximate surface area is 206 Å². The molecule has 0 fully saturated rings. The van der Waals surface area contributed by atoms with E-state index < -0.39 is 8.07 Å². The normalized spacial score (nSPS) is 12.4. The minimum absolute atomic E-state index is 1.22. The molecule has 0 aliphatic rings. The third-order valence-electron chi connectivity index (χ3n) is 7.49. The Bertz CT molecular complexity index is 1920. The molecule has 1 heterocycles. The van der Waals surface area contributed by atoms with E-state index in [1.54, 1.807) is 0 Å². The van der Waals surface area contributed by atoms with Crippen LogP contribution < -0.4 is 5.19 Å². The van der Waals surface area contributed by atoms with Crippen molar-refractivity contribution in [2.75, 3.05) is 0 Å². The van der Waals surface area contributed by atoms with Crippen LogP contribution in [0.4, 0.5) is 0 Å². The van der Waals surface area contributed by atoms with Crippen LogP contribution in [0, 0.1) is 0 Å². The molecule has 7 aromatic rings. The molecule has 7 rings (SSSR count). The zero-order chi connectivity index (χ0) is 23.7. The van der Waals surface area contributed by atoms with Gasteiger partial charge >= 0.3 is 0 Å². The van der Waals surface area contributed by atoms with Crippen molar-refractivity contribution in [1.29, 1.82) is 0 Å². The Morgan fingerprint density at radius 2 is 1.06 bits per heavy atom. The topological polar surface area (TPSA) is 4.93 Å². The lowest BCUT2D eigenvalue weighted by Crippen LogP contribution is -2.37. The van der Waals surface area contributed by atoms with Crippen LogP contribution in [0.2, 0.25) is 19.6 Å². The smallest absolute Gasteiger partial charge is 0.0775 e. The second kappa shape index (κ2) is 7.31. The van der Waals surface area contributed by atoms with Gasteiger partial charge in [-0.3, -0.25) is 0 Å². The summed E-state index contributed by atoms with van der Waals surface area (Å²) in [5, 5.41) is 11.9. The molecule has 0 saturated carbocycles. The van der Waals surface area contributed by atoms with Crippen LogP contribution in [-0.4, -0.2) is 12.6 Å². The summed E-state index contributed by atoms with van der Waals surface area (Å²) in [5.41, 5.74) is 3.79. The van der Waals surface area contributed by atoms with Crippen molar-refractivity contribution in [3.05, 3.63) is 109 Å². The Morgan fingerprint density at radius 3 is 1.71 bits per heavy atom. The fourth-order valence-corrected chi connectivity index (χ4v) is 6.91. The third-order valence-corrected chi connectivity index (χ3v) is 9.56. The van der Waals surface area contributed by atoms with Crippen LogP contribution in [0.15, 0.2) is 109 Å². The van der Waals surface area contributed by atoms with Crippen LogP contribution in [0.25, 0.3) is 59.8 Å². The van der Waals surface area contributed by atoms with Crippen LogP contribution in [-0.2, 0) is 0 Å². The van der Waals surface area contributed by atoms with Gasteiger partial charge in [-0.15, -0.1) is 0 Å². The molecule has 0 aliphatic carbocycles. The van der Waals surface area contributed by atoms with Gasteiger partial charge in [0.25, 0.3) is 0 Å². The van der Waals surface area contributed by atoms with E-state index in [0.29, 0.717) is 0 Å². The van der Waals surface area contributed by atoms with Crippen LogP contribution in [0.1, 0.15) is 0 Å². The summed E-state index contributed by atoms with van der Waals surface area (Å²) in [7, 11) is -1.37. The molecule has 0 bridgehead atoms. The Hall–Kier alpha value is -3.88. The molecule has 1 aromatic heterocycles. The quantitative estimate of drug-likeness (QED) is 0.178. The van der Waals surface area contributed by atoms with Gasteiger partial charge in [-0.25, -0.2) is 0 Å². The lowest BCUT2D eigenvalue weighted by Gasteiger charge is -2.18. The van der Waals surface area contributed by atoms with Gasteiger partial charge in [0.05, 0.1) is 19.1 Å². The molecule has 168 valence electrons. The van der Waals surface area contributed by atoms with Gasteiger partial charge in [0.2, 0.25) is 0 Å². The molecule has 0 radical (unpaired) electrons. The summed E-state index contributed by atoms with van der Waals surface area (Å²) in [5.74, 6) is 0.